The van der Waals surface area contributed by atoms with Crippen molar-refractivity contribution in [1.29, 1.82) is 0 Å². The Balaban J connectivity index is 1.79. The summed E-state index contributed by atoms with van der Waals surface area (Å²) >= 11 is 6.18. The molecule has 0 saturated heterocycles. The zero-order valence-corrected chi connectivity index (χ0v) is 22.6. The van der Waals surface area contributed by atoms with Gasteiger partial charge in [0.05, 0.1) is 27.7 Å². The number of rotatable bonds is 7. The molecule has 0 unspecified atom stereocenters. The molecular formula is C27H24ClF4N3O4S. The summed E-state index contributed by atoms with van der Waals surface area (Å²) in [5.74, 6) is 4.23. The third-order valence-electron chi connectivity index (χ3n) is 6.26. The number of benzene rings is 3. The number of ether oxygens (including phenoxy) is 1. The molecule has 0 spiro atoms. The second-order valence-corrected chi connectivity index (χ2v) is 11.3. The number of nitrogens with one attached hydrogen (secondary N) is 1. The number of allylic oxidation sites excluding steroid dienone is 1. The van der Waals surface area contributed by atoms with Crippen LogP contribution >= 0.6 is 11.6 Å². The summed E-state index contributed by atoms with van der Waals surface area (Å²) in [4.78, 5) is 11.1. The molecule has 3 aromatic carbocycles. The van der Waals surface area contributed by atoms with Crippen molar-refractivity contribution >= 4 is 44.9 Å². The van der Waals surface area contributed by atoms with Gasteiger partial charge in [-0.3, -0.25) is 14.5 Å². The van der Waals surface area contributed by atoms with Crippen LogP contribution in [0.2, 0.25) is 5.02 Å². The van der Waals surface area contributed by atoms with Crippen LogP contribution in [0.3, 0.4) is 0 Å². The summed E-state index contributed by atoms with van der Waals surface area (Å²) in [6, 6.07) is 12.3. The lowest BCUT2D eigenvalue weighted by Crippen LogP contribution is -2.44. The molecule has 4 rings (SSSR count). The van der Waals surface area contributed by atoms with Gasteiger partial charge in [-0.1, -0.05) is 35.9 Å². The van der Waals surface area contributed by atoms with Gasteiger partial charge < -0.3 is 4.74 Å². The number of halogens is 5. The van der Waals surface area contributed by atoms with Crippen LogP contribution in [0.25, 0.3) is 11.6 Å². The van der Waals surface area contributed by atoms with Crippen molar-refractivity contribution in [3.63, 3.8) is 0 Å². The van der Waals surface area contributed by atoms with Crippen LogP contribution < -0.4 is 20.3 Å². The lowest BCUT2D eigenvalue weighted by molar-refractivity contribution is -0.137. The van der Waals surface area contributed by atoms with Crippen LogP contribution in [0.1, 0.15) is 36.5 Å². The average molecular weight is 598 g/mol. The summed E-state index contributed by atoms with van der Waals surface area (Å²) < 4.78 is 88.9. The minimum atomic E-state index is -4.75. The first kappa shape index (κ1) is 29.4. The number of alkyl halides is 3. The first-order valence-electron chi connectivity index (χ1n) is 11.9. The molecule has 1 aliphatic rings. The smallest absolute Gasteiger partial charge is 0.416 e. The first-order chi connectivity index (χ1) is 18.8. The zero-order valence-electron chi connectivity index (χ0n) is 21.0. The number of fused-ring (bicyclic) bond motifs is 1. The molecule has 0 bridgehead atoms. The molecule has 1 aliphatic heterocycles. The molecule has 0 fully saturated rings. The van der Waals surface area contributed by atoms with Gasteiger partial charge in [-0.2, -0.15) is 13.2 Å². The molecule has 1 amide bonds. The zero-order chi connectivity index (χ0) is 29.2. The number of hydrogen-bond donors (Lipinski definition) is 2. The van der Waals surface area contributed by atoms with E-state index in [1.54, 1.807) is 19.1 Å². The molecule has 3 N–H and O–H groups in total. The van der Waals surface area contributed by atoms with Crippen LogP contribution in [0.4, 0.5) is 23.2 Å². The number of nitrogens with two attached hydrogens (primary N) is 1. The van der Waals surface area contributed by atoms with Crippen LogP contribution in [0.15, 0.2) is 65.6 Å². The molecule has 212 valence electrons. The minimum Gasteiger partial charge on any atom is -0.486 e. The van der Waals surface area contributed by atoms with E-state index in [0.29, 0.717) is 17.2 Å². The highest BCUT2D eigenvalue weighted by atomic mass is 35.5. The van der Waals surface area contributed by atoms with Crippen LogP contribution in [0.5, 0.6) is 5.75 Å². The van der Waals surface area contributed by atoms with Gasteiger partial charge in [-0.25, -0.2) is 18.7 Å². The van der Waals surface area contributed by atoms with Crippen molar-refractivity contribution in [3.8, 4) is 5.75 Å². The van der Waals surface area contributed by atoms with Crippen LogP contribution in [0, 0.1) is 5.82 Å². The summed E-state index contributed by atoms with van der Waals surface area (Å²) in [5.41, 5.74) is 2.02. The second kappa shape index (κ2) is 11.5. The van der Waals surface area contributed by atoms with Gasteiger partial charge in [-0.15, -0.1) is 0 Å². The fraction of sp³-hybridized carbons (Fsp3) is 0.222. The van der Waals surface area contributed by atoms with E-state index < -0.39 is 44.5 Å². The molecule has 1 atom stereocenters. The fourth-order valence-corrected chi connectivity index (χ4v) is 6.17. The Morgan fingerprint density at radius 2 is 1.90 bits per heavy atom. The predicted octanol–water partition coefficient (Wildman–Crippen LogP) is 5.78. The molecular weight excluding hydrogens is 574 g/mol. The van der Waals surface area contributed by atoms with E-state index in [1.807, 2.05) is 5.43 Å². The van der Waals surface area contributed by atoms with Crippen molar-refractivity contribution in [2.75, 3.05) is 10.8 Å². The number of hydrazine groups is 1. The largest absolute Gasteiger partial charge is 0.486 e. The Bertz CT molecular complexity index is 1560. The van der Waals surface area contributed by atoms with E-state index in [0.717, 1.165) is 22.5 Å². The molecule has 0 aliphatic carbocycles. The first-order valence-corrected chi connectivity index (χ1v) is 13.8. The van der Waals surface area contributed by atoms with Crippen molar-refractivity contribution in [1.82, 2.24) is 5.43 Å². The van der Waals surface area contributed by atoms with Gasteiger partial charge in [0.1, 0.15) is 17.7 Å². The van der Waals surface area contributed by atoms with Gasteiger partial charge in [0.15, 0.2) is 0 Å². The number of carbonyl (C=O) groups excluding carboxylic acids is 1. The Morgan fingerprint density at radius 3 is 2.58 bits per heavy atom. The summed E-state index contributed by atoms with van der Waals surface area (Å²) in [7, 11) is -4.52. The molecule has 7 nitrogen and oxygen atoms in total. The Morgan fingerprint density at radius 1 is 1.18 bits per heavy atom. The monoisotopic (exact) mass is 597 g/mol. The molecule has 3 aromatic rings. The highest BCUT2D eigenvalue weighted by Gasteiger charge is 2.37. The van der Waals surface area contributed by atoms with Crippen molar-refractivity contribution in [2.24, 2.45) is 5.84 Å². The van der Waals surface area contributed by atoms with Gasteiger partial charge in [0.2, 0.25) is 5.91 Å². The molecule has 0 aromatic heterocycles. The lowest BCUT2D eigenvalue weighted by Gasteiger charge is -2.35. The number of nitrogens with zero attached hydrogens (tertiary/aromatic N) is 1. The third-order valence-corrected chi connectivity index (χ3v) is 8.35. The maximum atomic E-state index is 14.4. The Labute approximate surface area is 233 Å². The van der Waals surface area contributed by atoms with Crippen molar-refractivity contribution in [3.05, 3.63) is 88.2 Å². The van der Waals surface area contributed by atoms with Crippen molar-refractivity contribution in [2.45, 2.75) is 36.9 Å². The summed E-state index contributed by atoms with van der Waals surface area (Å²) in [6.07, 6.45) is -3.94. The SMILES string of the molecule is CC(=Cc1ccc2c(c1)N(S(=O)(=O)c1cccc(C(F)(F)F)c1)C[C@H](CCC(=O)NN)O2)c1c(F)cccc1Cl. The van der Waals surface area contributed by atoms with E-state index >= 15 is 0 Å². The third kappa shape index (κ3) is 6.24. The fourth-order valence-electron chi connectivity index (χ4n) is 4.32. The normalized spacial score (nSPS) is 15.8. The summed E-state index contributed by atoms with van der Waals surface area (Å²) in [5, 5.41) is 0.188. The average Bonchev–Trinajstić information content (AvgIpc) is 2.90. The molecule has 0 radical (unpaired) electrons. The van der Waals surface area contributed by atoms with Crippen molar-refractivity contribution < 1.29 is 35.5 Å². The van der Waals surface area contributed by atoms with Gasteiger partial charge in [0.25, 0.3) is 10.0 Å². The molecule has 40 heavy (non-hydrogen) atoms. The number of sulfonamides is 1. The quantitative estimate of drug-likeness (QED) is 0.118. The number of carbonyl (C=O) groups is 1. The van der Waals surface area contributed by atoms with E-state index in [2.05, 4.69) is 0 Å². The maximum Gasteiger partial charge on any atom is 0.416 e. The highest BCUT2D eigenvalue weighted by molar-refractivity contribution is 7.92. The van der Waals surface area contributed by atoms with Gasteiger partial charge in [-0.05, 0) is 66.9 Å². The lowest BCUT2D eigenvalue weighted by atomic mass is 10.0. The highest BCUT2D eigenvalue weighted by Crippen LogP contribution is 2.40. The van der Waals surface area contributed by atoms with E-state index in [4.69, 9.17) is 22.2 Å². The maximum absolute atomic E-state index is 14.4. The number of anilines is 1. The van der Waals surface area contributed by atoms with Crippen LogP contribution in [-0.4, -0.2) is 27.0 Å². The Hall–Kier alpha value is -3.61. The molecule has 13 heteroatoms. The van der Waals surface area contributed by atoms with Gasteiger partial charge in [0, 0.05) is 12.0 Å². The Kier molecular flexibility index (Phi) is 8.43. The van der Waals surface area contributed by atoms with E-state index in [9.17, 15) is 30.8 Å². The molecule has 0 saturated carbocycles. The second-order valence-electron chi connectivity index (χ2n) is 9.06. The van der Waals surface area contributed by atoms with E-state index in [1.165, 1.54) is 30.3 Å². The molecule has 1 heterocycles. The topological polar surface area (TPSA) is 102 Å². The standard InChI is InChI=1S/C27H24ClF4N3O4S/c1-16(26-21(28)6-3-7-22(26)29)12-17-8-10-24-23(13-17)35(15-19(39-24)9-11-25(36)34-33)40(37,38)20-5-2-4-18(14-20)27(30,31)32/h2-8,10,12-14,19H,9,11,15,33H2,1H3,(H,34,36)/t19-/m0/s1. The predicted molar refractivity (Wildman–Crippen MR) is 143 cm³/mol. The number of hydrogen-bond acceptors (Lipinski definition) is 5. The van der Waals surface area contributed by atoms with E-state index in [-0.39, 0.29) is 41.4 Å². The van der Waals surface area contributed by atoms with Crippen LogP contribution in [-0.2, 0) is 21.0 Å². The minimum absolute atomic E-state index is 0.0677. The number of amides is 1. The van der Waals surface area contributed by atoms with Gasteiger partial charge >= 0.3 is 6.18 Å². The summed E-state index contributed by atoms with van der Waals surface area (Å²) in [6.45, 7) is 1.35.